The molecule has 4 rings (SSSR count). The summed E-state index contributed by atoms with van der Waals surface area (Å²) in [7, 11) is 0. The van der Waals surface area contributed by atoms with Crippen LogP contribution in [0.2, 0.25) is 0 Å². The Bertz CT molecular complexity index is 1030. The fraction of sp³-hybridized carbons (Fsp3) is 0.400. The van der Waals surface area contributed by atoms with Crippen molar-refractivity contribution in [2.45, 2.75) is 32.2 Å². The Labute approximate surface area is 171 Å². The van der Waals surface area contributed by atoms with Gasteiger partial charge in [0.2, 0.25) is 0 Å². The van der Waals surface area contributed by atoms with Crippen LogP contribution in [0.5, 0.6) is 0 Å². The number of hydrogen-bond donors (Lipinski definition) is 2. The Hall–Kier alpha value is -3.14. The molecule has 1 saturated heterocycles. The summed E-state index contributed by atoms with van der Waals surface area (Å²) in [4.78, 5) is 27.2. The number of aryl methyl sites for hydroxylation is 1. The second-order valence-corrected chi connectivity index (χ2v) is 7.19. The van der Waals surface area contributed by atoms with E-state index < -0.39 is 6.43 Å². The van der Waals surface area contributed by atoms with Crippen molar-refractivity contribution >= 4 is 22.8 Å². The molecule has 1 aliphatic heterocycles. The lowest BCUT2D eigenvalue weighted by Crippen LogP contribution is -2.47. The zero-order valence-corrected chi connectivity index (χ0v) is 16.4. The Kier molecular flexibility index (Phi) is 5.84. The molecule has 0 radical (unpaired) electrons. The molecule has 3 aromatic rings. The van der Waals surface area contributed by atoms with Gasteiger partial charge in [-0.15, -0.1) is 0 Å². The quantitative estimate of drug-likeness (QED) is 0.662. The van der Waals surface area contributed by atoms with Crippen LogP contribution in [-0.2, 0) is 0 Å². The fourth-order valence-corrected chi connectivity index (χ4v) is 3.43. The van der Waals surface area contributed by atoms with Crippen LogP contribution in [0.4, 0.5) is 19.4 Å². The number of rotatable bonds is 5. The number of amides is 2. The molecule has 1 aliphatic rings. The summed E-state index contributed by atoms with van der Waals surface area (Å²) in [5.74, 6) is 1.52. The number of aromatic nitrogens is 3. The second-order valence-electron chi connectivity index (χ2n) is 7.19. The van der Waals surface area contributed by atoms with Crippen molar-refractivity contribution in [3.05, 3.63) is 36.5 Å². The number of piperidine rings is 1. The van der Waals surface area contributed by atoms with Gasteiger partial charge in [-0.1, -0.05) is 0 Å². The Morgan fingerprint density at radius 2 is 2.07 bits per heavy atom. The summed E-state index contributed by atoms with van der Waals surface area (Å²) in [5.41, 5.74) is 1.31. The molecule has 0 spiro atoms. The highest BCUT2D eigenvalue weighted by molar-refractivity contribution is 5.91. The number of carbonyl (C=O) groups excluding carboxylic acids is 1. The van der Waals surface area contributed by atoms with Crippen molar-refractivity contribution in [1.82, 2.24) is 25.2 Å². The molecule has 158 valence electrons. The van der Waals surface area contributed by atoms with E-state index in [4.69, 9.17) is 4.42 Å². The molecule has 2 N–H and O–H groups in total. The summed E-state index contributed by atoms with van der Waals surface area (Å²) in [6.45, 7) is 2.43. The number of nitrogens with one attached hydrogen (secondary N) is 2. The van der Waals surface area contributed by atoms with Gasteiger partial charge in [0.1, 0.15) is 11.5 Å². The van der Waals surface area contributed by atoms with E-state index in [0.717, 1.165) is 5.39 Å². The van der Waals surface area contributed by atoms with Gasteiger partial charge < -0.3 is 14.6 Å². The first-order chi connectivity index (χ1) is 14.5. The Morgan fingerprint density at radius 3 is 2.77 bits per heavy atom. The molecule has 0 bridgehead atoms. The molecule has 0 unspecified atom stereocenters. The number of nitrogens with zero attached hydrogens (tertiary/aromatic N) is 4. The minimum absolute atomic E-state index is 0.00388. The van der Waals surface area contributed by atoms with E-state index in [9.17, 15) is 13.6 Å². The highest BCUT2D eigenvalue weighted by Crippen LogP contribution is 2.23. The van der Waals surface area contributed by atoms with Crippen LogP contribution in [0.3, 0.4) is 0 Å². The molecule has 0 atom stereocenters. The first-order valence-corrected chi connectivity index (χ1v) is 9.75. The summed E-state index contributed by atoms with van der Waals surface area (Å²) >= 11 is 0. The lowest BCUT2D eigenvalue weighted by molar-refractivity contribution is 0.132. The molecule has 0 saturated carbocycles. The van der Waals surface area contributed by atoms with Gasteiger partial charge >= 0.3 is 6.03 Å². The van der Waals surface area contributed by atoms with E-state index in [1.165, 1.54) is 0 Å². The summed E-state index contributed by atoms with van der Waals surface area (Å²) in [6.07, 6.45) is 2.16. The van der Waals surface area contributed by atoms with Gasteiger partial charge in [-0.05, 0) is 25.0 Å². The largest absolute Gasteiger partial charge is 0.439 e. The van der Waals surface area contributed by atoms with Crippen LogP contribution in [0.1, 0.15) is 18.7 Å². The highest BCUT2D eigenvalue weighted by atomic mass is 19.3. The lowest BCUT2D eigenvalue weighted by Gasteiger charge is -2.32. The van der Waals surface area contributed by atoms with Gasteiger partial charge in [-0.25, -0.2) is 28.5 Å². The van der Waals surface area contributed by atoms with E-state index in [1.54, 1.807) is 30.3 Å². The SMILES string of the molecule is Cc1ncc(-c2ccc3cnc(NC(=O)N4CCC(NCC(F)F)CC4)cc3n2)o1. The molecule has 3 aromatic heterocycles. The van der Waals surface area contributed by atoms with Crippen molar-refractivity contribution < 1.29 is 18.0 Å². The number of likely N-dealkylation sites (tertiary alicyclic amines) is 1. The van der Waals surface area contributed by atoms with Gasteiger partial charge in [0.05, 0.1) is 18.3 Å². The first kappa shape index (κ1) is 20.1. The normalized spacial score (nSPS) is 15.1. The molecule has 10 heteroatoms. The highest BCUT2D eigenvalue weighted by Gasteiger charge is 2.23. The zero-order chi connectivity index (χ0) is 21.1. The Morgan fingerprint density at radius 1 is 1.27 bits per heavy atom. The maximum Gasteiger partial charge on any atom is 0.323 e. The van der Waals surface area contributed by atoms with Crippen molar-refractivity contribution in [2.24, 2.45) is 0 Å². The summed E-state index contributed by atoms with van der Waals surface area (Å²) in [6, 6.07) is 5.15. The van der Waals surface area contributed by atoms with Crippen LogP contribution < -0.4 is 10.6 Å². The minimum Gasteiger partial charge on any atom is -0.439 e. The summed E-state index contributed by atoms with van der Waals surface area (Å²) in [5, 5.41) is 6.45. The lowest BCUT2D eigenvalue weighted by atomic mass is 10.1. The number of halogens is 2. The van der Waals surface area contributed by atoms with Crippen molar-refractivity contribution in [3.63, 3.8) is 0 Å². The summed E-state index contributed by atoms with van der Waals surface area (Å²) < 4.78 is 30.1. The van der Waals surface area contributed by atoms with E-state index in [0.29, 0.717) is 54.6 Å². The monoisotopic (exact) mass is 416 g/mol. The molecule has 0 aliphatic carbocycles. The van der Waals surface area contributed by atoms with Gasteiger partial charge in [0.25, 0.3) is 6.43 Å². The second kappa shape index (κ2) is 8.70. The van der Waals surface area contributed by atoms with E-state index in [-0.39, 0.29) is 18.6 Å². The number of fused-ring (bicyclic) bond motifs is 1. The topological polar surface area (TPSA) is 96.2 Å². The average molecular weight is 416 g/mol. The number of carbonyl (C=O) groups is 1. The molecule has 30 heavy (non-hydrogen) atoms. The maximum atomic E-state index is 12.6. The van der Waals surface area contributed by atoms with Gasteiger partial charge in [-0.3, -0.25) is 5.32 Å². The minimum atomic E-state index is -2.37. The maximum absolute atomic E-state index is 12.6. The average Bonchev–Trinajstić information content (AvgIpc) is 3.18. The van der Waals surface area contributed by atoms with E-state index in [2.05, 4.69) is 25.6 Å². The first-order valence-electron chi connectivity index (χ1n) is 9.75. The van der Waals surface area contributed by atoms with Crippen LogP contribution in [-0.4, -0.2) is 58.0 Å². The molecule has 8 nitrogen and oxygen atoms in total. The van der Waals surface area contributed by atoms with Crippen LogP contribution in [0, 0.1) is 6.92 Å². The number of alkyl halides is 2. The zero-order valence-electron chi connectivity index (χ0n) is 16.4. The number of hydrogen-bond acceptors (Lipinski definition) is 6. The van der Waals surface area contributed by atoms with Gasteiger partial charge in [-0.2, -0.15) is 0 Å². The van der Waals surface area contributed by atoms with E-state index in [1.807, 2.05) is 12.1 Å². The van der Waals surface area contributed by atoms with Gasteiger partial charge in [0, 0.05) is 43.7 Å². The number of oxazole rings is 1. The van der Waals surface area contributed by atoms with Gasteiger partial charge in [0.15, 0.2) is 11.7 Å². The standard InChI is InChI=1S/C20H22F2N6O2/c1-12-23-10-17(30-12)15-3-2-13-9-25-19(8-16(13)26-15)27-20(29)28-6-4-14(5-7-28)24-11-18(21)22/h2-3,8-10,14,18,24H,4-7,11H2,1H3,(H,25,27,29). The number of pyridine rings is 2. The number of anilines is 1. The third-order valence-corrected chi connectivity index (χ3v) is 5.03. The third-order valence-electron chi connectivity index (χ3n) is 5.03. The molecular weight excluding hydrogens is 394 g/mol. The van der Waals surface area contributed by atoms with E-state index >= 15 is 0 Å². The molecule has 2 amide bonds. The van der Waals surface area contributed by atoms with Crippen molar-refractivity contribution in [3.8, 4) is 11.5 Å². The van der Waals surface area contributed by atoms with Crippen molar-refractivity contribution in [2.75, 3.05) is 25.0 Å². The predicted molar refractivity (Wildman–Crippen MR) is 107 cm³/mol. The fourth-order valence-electron chi connectivity index (χ4n) is 3.43. The Balaban J connectivity index is 1.40. The molecular formula is C20H22F2N6O2. The smallest absolute Gasteiger partial charge is 0.323 e. The molecule has 1 fully saturated rings. The number of urea groups is 1. The molecule has 0 aromatic carbocycles. The van der Waals surface area contributed by atoms with Crippen LogP contribution >= 0.6 is 0 Å². The molecule has 4 heterocycles. The van der Waals surface area contributed by atoms with Crippen molar-refractivity contribution in [1.29, 1.82) is 0 Å². The third kappa shape index (κ3) is 4.70. The van der Waals surface area contributed by atoms with Crippen LogP contribution in [0.25, 0.3) is 22.4 Å². The predicted octanol–water partition coefficient (Wildman–Crippen LogP) is 3.44. The van der Waals surface area contributed by atoms with Crippen LogP contribution in [0.15, 0.2) is 35.0 Å².